The molecule has 0 aliphatic heterocycles. The van der Waals surface area contributed by atoms with Crippen LogP contribution in [-0.4, -0.2) is 22.4 Å². The minimum absolute atomic E-state index is 0.147. The molecule has 0 saturated heterocycles. The van der Waals surface area contributed by atoms with E-state index >= 15 is 0 Å². The van der Waals surface area contributed by atoms with Crippen molar-refractivity contribution in [1.29, 1.82) is 0 Å². The number of halogens is 1. The Morgan fingerprint density at radius 2 is 2.05 bits per heavy atom. The van der Waals surface area contributed by atoms with E-state index in [-0.39, 0.29) is 10.8 Å². The van der Waals surface area contributed by atoms with Gasteiger partial charge in [0, 0.05) is 24.2 Å². The van der Waals surface area contributed by atoms with Crippen LogP contribution < -0.4 is 11.1 Å². The summed E-state index contributed by atoms with van der Waals surface area (Å²) in [5.74, 6) is -0.879. The van der Waals surface area contributed by atoms with Crippen molar-refractivity contribution in [2.45, 2.75) is 39.3 Å². The van der Waals surface area contributed by atoms with Gasteiger partial charge in [-0.2, -0.15) is 0 Å². The van der Waals surface area contributed by atoms with Crippen molar-refractivity contribution in [2.75, 3.05) is 5.73 Å². The number of nitrogens with two attached hydrogens (primary N) is 1. The normalized spacial score (nSPS) is 12.7. The standard InChI is InChI=1S/C13H18ClN3O3/c1-7(18)20-10(12(19)17-13(2,3)4)8-5-9(14)11(15)16-6-8/h5-6,10H,1-4H3,(H2,15,16)(H,17,19). The number of carbonyl (C=O) groups excluding carboxylic acids is 2. The number of amides is 1. The topological polar surface area (TPSA) is 94.3 Å². The molecule has 0 aliphatic carbocycles. The molecule has 0 bridgehead atoms. The molecule has 0 aliphatic rings. The Hall–Kier alpha value is -1.82. The maximum absolute atomic E-state index is 12.2. The Morgan fingerprint density at radius 3 is 2.50 bits per heavy atom. The number of esters is 1. The van der Waals surface area contributed by atoms with E-state index in [1.807, 2.05) is 20.8 Å². The predicted octanol–water partition coefficient (Wildman–Crippen LogP) is 1.84. The second-order valence-electron chi connectivity index (χ2n) is 5.36. The van der Waals surface area contributed by atoms with Crippen molar-refractivity contribution in [1.82, 2.24) is 10.3 Å². The summed E-state index contributed by atoms with van der Waals surface area (Å²) in [7, 11) is 0. The van der Waals surface area contributed by atoms with Gasteiger partial charge in [0.25, 0.3) is 5.91 Å². The highest BCUT2D eigenvalue weighted by Gasteiger charge is 2.27. The second kappa shape index (κ2) is 6.09. The first kappa shape index (κ1) is 16.2. The average molecular weight is 300 g/mol. The molecule has 1 heterocycles. The minimum Gasteiger partial charge on any atom is -0.447 e. The number of nitrogens with one attached hydrogen (secondary N) is 1. The lowest BCUT2D eigenvalue weighted by Crippen LogP contribution is -2.44. The van der Waals surface area contributed by atoms with Gasteiger partial charge in [0.2, 0.25) is 6.10 Å². The van der Waals surface area contributed by atoms with Gasteiger partial charge < -0.3 is 15.8 Å². The molecule has 1 aromatic rings. The quantitative estimate of drug-likeness (QED) is 0.830. The highest BCUT2D eigenvalue weighted by molar-refractivity contribution is 6.32. The summed E-state index contributed by atoms with van der Waals surface area (Å²) in [5.41, 5.74) is 5.42. The lowest BCUT2D eigenvalue weighted by atomic mass is 10.1. The summed E-state index contributed by atoms with van der Waals surface area (Å²) < 4.78 is 5.05. The van der Waals surface area contributed by atoms with Gasteiger partial charge >= 0.3 is 5.97 Å². The fourth-order valence-corrected chi connectivity index (χ4v) is 1.66. The molecule has 0 aromatic carbocycles. The van der Waals surface area contributed by atoms with Gasteiger partial charge in [-0.15, -0.1) is 0 Å². The van der Waals surface area contributed by atoms with E-state index in [2.05, 4.69) is 10.3 Å². The first-order valence-corrected chi connectivity index (χ1v) is 6.38. The number of aromatic nitrogens is 1. The number of nitrogen functional groups attached to an aromatic ring is 1. The van der Waals surface area contributed by atoms with Gasteiger partial charge in [0.15, 0.2) is 0 Å². The number of hydrogen-bond donors (Lipinski definition) is 2. The van der Waals surface area contributed by atoms with Crippen LogP contribution in [0, 0.1) is 0 Å². The molecule has 20 heavy (non-hydrogen) atoms. The molecule has 1 aromatic heterocycles. The fraction of sp³-hybridized carbons (Fsp3) is 0.462. The lowest BCUT2D eigenvalue weighted by molar-refractivity contribution is -0.155. The van der Waals surface area contributed by atoms with Crippen molar-refractivity contribution in [2.24, 2.45) is 0 Å². The molecular weight excluding hydrogens is 282 g/mol. The number of pyridine rings is 1. The molecule has 0 fully saturated rings. The summed E-state index contributed by atoms with van der Waals surface area (Å²) >= 11 is 5.87. The SMILES string of the molecule is CC(=O)OC(C(=O)NC(C)(C)C)c1cnc(N)c(Cl)c1. The third-order valence-corrected chi connectivity index (χ3v) is 2.52. The minimum atomic E-state index is -1.11. The summed E-state index contributed by atoms with van der Waals surface area (Å²) in [6, 6.07) is 1.46. The summed E-state index contributed by atoms with van der Waals surface area (Å²) in [4.78, 5) is 27.2. The van der Waals surface area contributed by atoms with Gasteiger partial charge in [-0.25, -0.2) is 4.98 Å². The summed E-state index contributed by atoms with van der Waals surface area (Å²) in [6.45, 7) is 6.70. The smallest absolute Gasteiger partial charge is 0.303 e. The predicted molar refractivity (Wildman–Crippen MR) is 76.1 cm³/mol. The van der Waals surface area contributed by atoms with Crippen LogP contribution in [0.2, 0.25) is 5.02 Å². The van der Waals surface area contributed by atoms with Crippen molar-refractivity contribution in [3.05, 3.63) is 22.8 Å². The van der Waals surface area contributed by atoms with Crippen LogP contribution in [0.4, 0.5) is 5.82 Å². The molecule has 1 unspecified atom stereocenters. The van der Waals surface area contributed by atoms with Crippen molar-refractivity contribution < 1.29 is 14.3 Å². The van der Waals surface area contributed by atoms with Crippen molar-refractivity contribution >= 4 is 29.3 Å². The van der Waals surface area contributed by atoms with E-state index in [0.717, 1.165) is 0 Å². The molecule has 1 amide bonds. The Morgan fingerprint density at radius 1 is 1.45 bits per heavy atom. The highest BCUT2D eigenvalue weighted by Crippen LogP contribution is 2.24. The monoisotopic (exact) mass is 299 g/mol. The van der Waals surface area contributed by atoms with Crippen LogP contribution >= 0.6 is 11.6 Å². The number of rotatable bonds is 3. The Balaban J connectivity index is 3.08. The van der Waals surface area contributed by atoms with Gasteiger partial charge in [0.1, 0.15) is 5.82 Å². The molecule has 0 spiro atoms. The molecule has 1 rings (SSSR count). The highest BCUT2D eigenvalue weighted by atomic mass is 35.5. The Bertz CT molecular complexity index is 526. The van der Waals surface area contributed by atoms with Gasteiger partial charge in [-0.1, -0.05) is 11.6 Å². The molecular formula is C13H18ClN3O3. The van der Waals surface area contributed by atoms with E-state index in [1.165, 1.54) is 19.2 Å². The molecule has 6 nitrogen and oxygen atoms in total. The number of nitrogens with zero attached hydrogens (tertiary/aromatic N) is 1. The van der Waals surface area contributed by atoms with Crippen LogP contribution in [-0.2, 0) is 14.3 Å². The molecule has 7 heteroatoms. The molecule has 0 radical (unpaired) electrons. The molecule has 110 valence electrons. The van der Waals surface area contributed by atoms with Crippen molar-refractivity contribution in [3.8, 4) is 0 Å². The maximum atomic E-state index is 12.2. The second-order valence-corrected chi connectivity index (χ2v) is 5.77. The van der Waals surface area contributed by atoms with Gasteiger partial charge in [0.05, 0.1) is 5.02 Å². The average Bonchev–Trinajstić information content (AvgIpc) is 2.27. The van der Waals surface area contributed by atoms with Crippen LogP contribution in [0.1, 0.15) is 39.4 Å². The van der Waals surface area contributed by atoms with E-state index in [1.54, 1.807) is 0 Å². The van der Waals surface area contributed by atoms with E-state index in [4.69, 9.17) is 22.1 Å². The molecule has 0 saturated carbocycles. The third kappa shape index (κ3) is 4.70. The fourth-order valence-electron chi connectivity index (χ4n) is 1.48. The third-order valence-electron chi connectivity index (χ3n) is 2.21. The number of hydrogen-bond acceptors (Lipinski definition) is 5. The zero-order valence-electron chi connectivity index (χ0n) is 11.9. The number of ether oxygens (including phenoxy) is 1. The maximum Gasteiger partial charge on any atom is 0.303 e. The number of anilines is 1. The van der Waals surface area contributed by atoms with Gasteiger partial charge in [-0.05, 0) is 26.8 Å². The largest absolute Gasteiger partial charge is 0.447 e. The van der Waals surface area contributed by atoms with Crippen LogP contribution in [0.15, 0.2) is 12.3 Å². The van der Waals surface area contributed by atoms with Crippen LogP contribution in [0.5, 0.6) is 0 Å². The number of carbonyl (C=O) groups is 2. The zero-order valence-corrected chi connectivity index (χ0v) is 12.6. The zero-order chi connectivity index (χ0) is 15.5. The lowest BCUT2D eigenvalue weighted by Gasteiger charge is -2.24. The first-order valence-electron chi connectivity index (χ1n) is 6.00. The Labute approximate surface area is 122 Å². The van der Waals surface area contributed by atoms with Gasteiger partial charge in [-0.3, -0.25) is 9.59 Å². The molecule has 3 N–H and O–H groups in total. The van der Waals surface area contributed by atoms with E-state index in [0.29, 0.717) is 5.56 Å². The summed E-state index contributed by atoms with van der Waals surface area (Å²) in [6.07, 6.45) is 0.245. The van der Waals surface area contributed by atoms with Crippen LogP contribution in [0.3, 0.4) is 0 Å². The van der Waals surface area contributed by atoms with E-state index < -0.39 is 23.5 Å². The molecule has 1 atom stereocenters. The van der Waals surface area contributed by atoms with E-state index in [9.17, 15) is 9.59 Å². The Kier molecular flexibility index (Phi) is 4.94. The van der Waals surface area contributed by atoms with Crippen molar-refractivity contribution in [3.63, 3.8) is 0 Å². The first-order chi connectivity index (χ1) is 9.10. The summed E-state index contributed by atoms with van der Waals surface area (Å²) in [5, 5.41) is 2.94. The van der Waals surface area contributed by atoms with Crippen LogP contribution in [0.25, 0.3) is 0 Å².